The fourth-order valence-electron chi connectivity index (χ4n) is 2.63. The average Bonchev–Trinajstić information content (AvgIpc) is 2.80. The van der Waals surface area contributed by atoms with Crippen LogP contribution < -0.4 is 0 Å². The number of alkyl halides is 1. The topological polar surface area (TPSA) is 37.4 Å². The zero-order valence-electron chi connectivity index (χ0n) is 11.4. The van der Waals surface area contributed by atoms with E-state index in [-0.39, 0.29) is 5.88 Å². The van der Waals surface area contributed by atoms with Gasteiger partial charge in [-0.2, -0.15) is 4.31 Å². The summed E-state index contributed by atoms with van der Waals surface area (Å²) in [5, 5.41) is 1.88. The largest absolute Gasteiger partial charge is 0.244 e. The number of nitrogens with zero attached hydrogens (tertiary/aromatic N) is 1. The van der Waals surface area contributed by atoms with Gasteiger partial charge in [-0.25, -0.2) is 8.42 Å². The first-order valence-electron chi connectivity index (χ1n) is 6.63. The van der Waals surface area contributed by atoms with Gasteiger partial charge in [-0.05, 0) is 36.6 Å². The van der Waals surface area contributed by atoms with Crippen LogP contribution >= 0.6 is 22.9 Å². The summed E-state index contributed by atoms with van der Waals surface area (Å²) in [6.45, 7) is 5.26. The van der Waals surface area contributed by atoms with Crippen LogP contribution in [0.2, 0.25) is 0 Å². The minimum Gasteiger partial charge on any atom is -0.207 e. The summed E-state index contributed by atoms with van der Waals surface area (Å²) in [5.41, 5.74) is 0.819. The van der Waals surface area contributed by atoms with Crippen molar-refractivity contribution < 1.29 is 8.42 Å². The van der Waals surface area contributed by atoms with Crippen molar-refractivity contribution in [1.82, 2.24) is 4.31 Å². The van der Waals surface area contributed by atoms with E-state index in [0.717, 1.165) is 29.7 Å². The SMILES string of the molecule is CCC1CCCN(S(=O)(=O)c2c(C)csc2CCl)C1. The average molecular weight is 322 g/mol. The second-order valence-electron chi connectivity index (χ2n) is 5.08. The number of aryl methyl sites for hydroxylation is 1. The zero-order chi connectivity index (χ0) is 14.0. The molecule has 1 unspecified atom stereocenters. The third kappa shape index (κ3) is 2.99. The van der Waals surface area contributed by atoms with Crippen molar-refractivity contribution in [2.24, 2.45) is 5.92 Å². The van der Waals surface area contributed by atoms with Gasteiger partial charge in [0, 0.05) is 18.0 Å². The zero-order valence-corrected chi connectivity index (χ0v) is 13.7. The molecule has 1 aliphatic rings. The number of hydrogen-bond donors (Lipinski definition) is 0. The molecule has 19 heavy (non-hydrogen) atoms. The molecule has 0 amide bonds. The molecule has 3 nitrogen and oxygen atoms in total. The molecule has 0 bridgehead atoms. The molecule has 0 spiro atoms. The Morgan fingerprint density at radius 2 is 2.26 bits per heavy atom. The maximum Gasteiger partial charge on any atom is 0.244 e. The highest BCUT2D eigenvalue weighted by Crippen LogP contribution is 2.33. The third-order valence-corrected chi connectivity index (χ3v) is 7.52. The van der Waals surface area contributed by atoms with Gasteiger partial charge in [0.2, 0.25) is 10.0 Å². The van der Waals surface area contributed by atoms with Gasteiger partial charge in [-0.15, -0.1) is 22.9 Å². The standard InChI is InChI=1S/C13H20ClNO2S2/c1-3-11-5-4-6-15(8-11)19(16,17)13-10(2)9-18-12(13)7-14/h9,11H,3-8H2,1-2H3. The number of sulfonamides is 1. The lowest BCUT2D eigenvalue weighted by molar-refractivity contribution is 0.261. The van der Waals surface area contributed by atoms with E-state index in [2.05, 4.69) is 6.92 Å². The Labute approximate surface area is 124 Å². The smallest absolute Gasteiger partial charge is 0.207 e. The minimum absolute atomic E-state index is 0.262. The first kappa shape index (κ1) is 15.3. The molecule has 1 atom stereocenters. The van der Waals surface area contributed by atoms with Crippen LogP contribution in [0, 0.1) is 12.8 Å². The van der Waals surface area contributed by atoms with E-state index >= 15 is 0 Å². The van der Waals surface area contributed by atoms with E-state index in [0.29, 0.717) is 23.9 Å². The molecular formula is C13H20ClNO2S2. The Bertz CT molecular complexity index is 539. The van der Waals surface area contributed by atoms with Crippen LogP contribution in [0.25, 0.3) is 0 Å². The number of piperidine rings is 1. The van der Waals surface area contributed by atoms with Gasteiger partial charge in [0.1, 0.15) is 4.90 Å². The van der Waals surface area contributed by atoms with Crippen LogP contribution in [0.15, 0.2) is 10.3 Å². The van der Waals surface area contributed by atoms with Crippen LogP contribution in [0.4, 0.5) is 0 Å². The first-order chi connectivity index (χ1) is 9.00. The Balaban J connectivity index is 2.34. The quantitative estimate of drug-likeness (QED) is 0.794. The molecular weight excluding hydrogens is 302 g/mol. The highest BCUT2D eigenvalue weighted by Gasteiger charge is 2.32. The number of thiophene rings is 1. The molecule has 1 saturated heterocycles. The van der Waals surface area contributed by atoms with E-state index in [4.69, 9.17) is 11.6 Å². The minimum atomic E-state index is -3.38. The molecule has 108 valence electrons. The second kappa shape index (κ2) is 6.12. The lowest BCUT2D eigenvalue weighted by Crippen LogP contribution is -2.40. The maximum absolute atomic E-state index is 12.8. The van der Waals surface area contributed by atoms with Gasteiger partial charge in [0.25, 0.3) is 0 Å². The van der Waals surface area contributed by atoms with Crippen LogP contribution in [0.1, 0.15) is 36.6 Å². The first-order valence-corrected chi connectivity index (χ1v) is 9.49. The second-order valence-corrected chi connectivity index (χ2v) is 8.19. The van der Waals surface area contributed by atoms with E-state index < -0.39 is 10.0 Å². The van der Waals surface area contributed by atoms with Crippen molar-refractivity contribution in [2.45, 2.75) is 43.9 Å². The third-order valence-electron chi connectivity index (χ3n) is 3.77. The summed E-state index contributed by atoms with van der Waals surface area (Å²) in [7, 11) is -3.38. The van der Waals surface area contributed by atoms with Crippen LogP contribution in [-0.4, -0.2) is 25.8 Å². The van der Waals surface area contributed by atoms with Crippen molar-refractivity contribution in [3.8, 4) is 0 Å². The summed E-state index contributed by atoms with van der Waals surface area (Å²) >= 11 is 7.31. The molecule has 6 heteroatoms. The van der Waals surface area contributed by atoms with Crippen LogP contribution in [0.5, 0.6) is 0 Å². The molecule has 1 aromatic rings. The molecule has 0 saturated carbocycles. The van der Waals surface area contributed by atoms with Crippen molar-refractivity contribution in [3.63, 3.8) is 0 Å². The van der Waals surface area contributed by atoms with Crippen molar-refractivity contribution in [3.05, 3.63) is 15.8 Å². The molecule has 0 aromatic carbocycles. The van der Waals surface area contributed by atoms with E-state index in [1.54, 1.807) is 4.31 Å². The fourth-order valence-corrected chi connectivity index (χ4v) is 6.20. The lowest BCUT2D eigenvalue weighted by atomic mass is 9.97. The summed E-state index contributed by atoms with van der Waals surface area (Å²) in [4.78, 5) is 1.21. The Kier molecular flexibility index (Phi) is 4.93. The van der Waals surface area contributed by atoms with Gasteiger partial charge in [-0.1, -0.05) is 13.3 Å². The van der Waals surface area contributed by atoms with Gasteiger partial charge in [0.05, 0.1) is 5.88 Å². The summed E-state index contributed by atoms with van der Waals surface area (Å²) in [6, 6.07) is 0. The molecule has 1 aliphatic heterocycles. The fraction of sp³-hybridized carbons (Fsp3) is 0.692. The predicted molar refractivity (Wildman–Crippen MR) is 80.4 cm³/mol. The van der Waals surface area contributed by atoms with E-state index in [1.165, 1.54) is 11.3 Å². The molecule has 2 rings (SSSR count). The monoisotopic (exact) mass is 321 g/mol. The number of rotatable bonds is 4. The molecule has 2 heterocycles. The summed E-state index contributed by atoms with van der Waals surface area (Å²) in [5.74, 6) is 0.750. The number of halogens is 1. The predicted octanol–water partition coefficient (Wildman–Crippen LogP) is 3.61. The highest BCUT2D eigenvalue weighted by molar-refractivity contribution is 7.89. The molecule has 0 radical (unpaired) electrons. The summed E-state index contributed by atoms with van der Waals surface area (Å²) < 4.78 is 27.2. The normalized spacial score (nSPS) is 21.7. The summed E-state index contributed by atoms with van der Waals surface area (Å²) in [6.07, 6.45) is 3.13. The van der Waals surface area contributed by atoms with Gasteiger partial charge in [-0.3, -0.25) is 0 Å². The molecule has 1 fully saturated rings. The Hall–Kier alpha value is -0.100. The van der Waals surface area contributed by atoms with Crippen LogP contribution in [0.3, 0.4) is 0 Å². The molecule has 0 N–H and O–H groups in total. The Morgan fingerprint density at radius 3 is 2.89 bits per heavy atom. The Morgan fingerprint density at radius 1 is 1.53 bits per heavy atom. The van der Waals surface area contributed by atoms with Gasteiger partial charge >= 0.3 is 0 Å². The van der Waals surface area contributed by atoms with Gasteiger partial charge < -0.3 is 0 Å². The van der Waals surface area contributed by atoms with E-state index in [9.17, 15) is 8.42 Å². The molecule has 1 aromatic heterocycles. The maximum atomic E-state index is 12.8. The van der Waals surface area contributed by atoms with Crippen molar-refractivity contribution in [2.75, 3.05) is 13.1 Å². The van der Waals surface area contributed by atoms with Gasteiger partial charge in [0.15, 0.2) is 0 Å². The number of hydrogen-bond acceptors (Lipinski definition) is 3. The highest BCUT2D eigenvalue weighted by atomic mass is 35.5. The lowest BCUT2D eigenvalue weighted by Gasteiger charge is -2.31. The molecule has 0 aliphatic carbocycles. The van der Waals surface area contributed by atoms with Crippen LogP contribution in [-0.2, 0) is 15.9 Å². The van der Waals surface area contributed by atoms with Crippen molar-refractivity contribution >= 4 is 33.0 Å². The van der Waals surface area contributed by atoms with E-state index in [1.807, 2.05) is 12.3 Å². The van der Waals surface area contributed by atoms with Crippen molar-refractivity contribution in [1.29, 1.82) is 0 Å².